The topological polar surface area (TPSA) is 96.9 Å². The second-order valence-corrected chi connectivity index (χ2v) is 8.49. The first-order valence-electron chi connectivity index (χ1n) is 12.1. The Hall–Kier alpha value is -4.10. The van der Waals surface area contributed by atoms with Gasteiger partial charge in [0.1, 0.15) is 17.2 Å². The van der Waals surface area contributed by atoms with E-state index in [1.165, 1.54) is 5.56 Å². The number of ether oxygens (including phenoxy) is 2. The Morgan fingerprint density at radius 3 is 2.28 bits per heavy atom. The van der Waals surface area contributed by atoms with E-state index < -0.39 is 11.8 Å². The summed E-state index contributed by atoms with van der Waals surface area (Å²) in [5.41, 5.74) is 2.39. The third-order valence-corrected chi connectivity index (χ3v) is 5.53. The van der Waals surface area contributed by atoms with Crippen LogP contribution in [0.1, 0.15) is 34.3 Å². The fraction of sp³-hybridized carbons (Fsp3) is 0.241. The fourth-order valence-electron chi connectivity index (χ4n) is 3.44. The summed E-state index contributed by atoms with van der Waals surface area (Å²) in [6.45, 7) is 0.402. The predicted octanol–water partition coefficient (Wildman–Crippen LogP) is 3.73. The third-order valence-electron chi connectivity index (χ3n) is 5.53. The molecule has 7 nitrogen and oxygen atoms in total. The van der Waals surface area contributed by atoms with Crippen LogP contribution in [-0.4, -0.2) is 42.8 Å². The highest BCUT2D eigenvalue weighted by molar-refractivity contribution is 6.05. The summed E-state index contributed by atoms with van der Waals surface area (Å²) in [6, 6.07) is 24.2. The highest BCUT2D eigenvalue weighted by Crippen LogP contribution is 2.27. The Kier molecular flexibility index (Phi) is 8.72. The van der Waals surface area contributed by atoms with Crippen LogP contribution in [0.4, 0.5) is 0 Å². The van der Waals surface area contributed by atoms with Crippen molar-refractivity contribution in [1.29, 1.82) is 0 Å². The molecule has 0 heterocycles. The van der Waals surface area contributed by atoms with Crippen LogP contribution in [0.5, 0.6) is 11.5 Å². The molecular weight excluding hydrogens is 456 g/mol. The van der Waals surface area contributed by atoms with Gasteiger partial charge in [0, 0.05) is 18.5 Å². The Morgan fingerprint density at radius 2 is 1.61 bits per heavy atom. The molecule has 3 aromatic carbocycles. The average Bonchev–Trinajstić information content (AvgIpc) is 3.73. The summed E-state index contributed by atoms with van der Waals surface area (Å²) in [5.74, 6) is 0.518. The molecule has 36 heavy (non-hydrogen) atoms. The summed E-state index contributed by atoms with van der Waals surface area (Å²) in [4.78, 5) is 25.5. The number of aliphatic hydroxyl groups excluding tert-OH is 1. The third kappa shape index (κ3) is 7.71. The summed E-state index contributed by atoms with van der Waals surface area (Å²) in [5, 5.41) is 14.3. The van der Waals surface area contributed by atoms with Gasteiger partial charge in [-0.25, -0.2) is 0 Å². The van der Waals surface area contributed by atoms with Crippen molar-refractivity contribution in [3.63, 3.8) is 0 Å². The number of hydrogen-bond donors (Lipinski definition) is 3. The molecule has 1 aliphatic rings. The van der Waals surface area contributed by atoms with Gasteiger partial charge in [-0.15, -0.1) is 0 Å². The van der Waals surface area contributed by atoms with Gasteiger partial charge in [0.05, 0.1) is 19.3 Å². The lowest BCUT2D eigenvalue weighted by Gasteiger charge is -2.12. The van der Waals surface area contributed by atoms with Gasteiger partial charge >= 0.3 is 0 Å². The van der Waals surface area contributed by atoms with Gasteiger partial charge in [-0.3, -0.25) is 9.59 Å². The molecule has 7 heteroatoms. The highest BCUT2D eigenvalue weighted by atomic mass is 16.5. The second kappa shape index (κ2) is 12.6. The molecule has 2 amide bonds. The minimum absolute atomic E-state index is 0.0764. The van der Waals surface area contributed by atoms with E-state index in [-0.39, 0.29) is 18.8 Å². The van der Waals surface area contributed by atoms with Crippen LogP contribution < -0.4 is 20.1 Å². The lowest BCUT2D eigenvalue weighted by Crippen LogP contribution is -2.36. The average molecular weight is 487 g/mol. The van der Waals surface area contributed by atoms with Crippen LogP contribution >= 0.6 is 0 Å². The van der Waals surface area contributed by atoms with Gasteiger partial charge in [0.2, 0.25) is 0 Å². The highest BCUT2D eigenvalue weighted by Gasteiger charge is 2.23. The van der Waals surface area contributed by atoms with E-state index in [0.717, 1.165) is 30.6 Å². The molecule has 186 valence electrons. The number of nitrogens with one attached hydrogen (secondary N) is 2. The molecule has 1 fully saturated rings. The molecule has 1 saturated carbocycles. The van der Waals surface area contributed by atoms with Crippen molar-refractivity contribution in [2.24, 2.45) is 0 Å². The molecule has 3 aromatic rings. The quantitative estimate of drug-likeness (QED) is 0.339. The minimum Gasteiger partial charge on any atom is -0.493 e. The summed E-state index contributed by atoms with van der Waals surface area (Å²) < 4.78 is 11.5. The fourth-order valence-corrected chi connectivity index (χ4v) is 3.44. The standard InChI is InChI=1S/C29H30N2O5/c32-18-17-30-29(34)27(20-22-6-10-25(11-7-22)36-26-14-15-26)31-28(33)23-8-12-24(13-9-23)35-19-16-21-4-2-1-3-5-21/h1-13,20,26,32H,14-19H2,(H,30,34)(H,31,33)/b27-20+. The first kappa shape index (κ1) is 25.0. The maximum Gasteiger partial charge on any atom is 0.267 e. The smallest absolute Gasteiger partial charge is 0.267 e. The van der Waals surface area contributed by atoms with Crippen molar-refractivity contribution in [2.75, 3.05) is 19.8 Å². The van der Waals surface area contributed by atoms with Crippen molar-refractivity contribution in [2.45, 2.75) is 25.4 Å². The number of amides is 2. The molecule has 0 saturated heterocycles. The van der Waals surface area contributed by atoms with Gasteiger partial charge < -0.3 is 25.2 Å². The number of aliphatic hydroxyl groups is 1. The Balaban J connectivity index is 1.38. The molecule has 0 radical (unpaired) electrons. The zero-order chi connectivity index (χ0) is 25.2. The minimum atomic E-state index is -0.489. The van der Waals surface area contributed by atoms with Gasteiger partial charge in [0.15, 0.2) is 0 Å². The molecule has 0 aromatic heterocycles. The van der Waals surface area contributed by atoms with Gasteiger partial charge in [-0.2, -0.15) is 0 Å². The molecule has 0 unspecified atom stereocenters. The van der Waals surface area contributed by atoms with Crippen molar-refractivity contribution in [3.05, 3.63) is 101 Å². The first-order valence-corrected chi connectivity index (χ1v) is 12.1. The molecular formula is C29H30N2O5. The molecule has 0 spiro atoms. The van der Waals surface area contributed by atoms with Crippen LogP contribution in [0.3, 0.4) is 0 Å². The van der Waals surface area contributed by atoms with Crippen LogP contribution in [0.15, 0.2) is 84.6 Å². The maximum absolute atomic E-state index is 12.9. The van der Waals surface area contributed by atoms with E-state index in [1.54, 1.807) is 30.3 Å². The summed E-state index contributed by atoms with van der Waals surface area (Å²) in [7, 11) is 0. The van der Waals surface area contributed by atoms with Crippen molar-refractivity contribution in [3.8, 4) is 11.5 Å². The molecule has 0 bridgehead atoms. The normalized spacial score (nSPS) is 13.1. The zero-order valence-corrected chi connectivity index (χ0v) is 20.0. The molecule has 3 N–H and O–H groups in total. The Bertz CT molecular complexity index is 1170. The number of benzene rings is 3. The molecule has 4 rings (SSSR count). The van der Waals surface area contributed by atoms with Gasteiger partial charge in [-0.05, 0) is 66.4 Å². The van der Waals surface area contributed by atoms with Crippen LogP contribution in [0.25, 0.3) is 6.08 Å². The number of hydrogen-bond acceptors (Lipinski definition) is 5. The Morgan fingerprint density at radius 1 is 0.917 bits per heavy atom. The SMILES string of the molecule is O=C(NCCO)/C(=C\c1ccc(OC2CC2)cc1)NC(=O)c1ccc(OCCc2ccccc2)cc1. The first-order chi connectivity index (χ1) is 17.6. The Labute approximate surface area is 210 Å². The van der Waals surface area contributed by atoms with E-state index in [9.17, 15) is 9.59 Å². The number of rotatable bonds is 12. The second-order valence-electron chi connectivity index (χ2n) is 8.49. The molecule has 0 atom stereocenters. The van der Waals surface area contributed by atoms with Gasteiger partial charge in [-0.1, -0.05) is 42.5 Å². The van der Waals surface area contributed by atoms with E-state index in [1.807, 2.05) is 42.5 Å². The summed E-state index contributed by atoms with van der Waals surface area (Å²) in [6.07, 6.45) is 4.82. The van der Waals surface area contributed by atoms with Crippen LogP contribution in [0.2, 0.25) is 0 Å². The van der Waals surface area contributed by atoms with Crippen molar-refractivity contribution in [1.82, 2.24) is 10.6 Å². The molecule has 0 aliphatic heterocycles. The van der Waals surface area contributed by atoms with E-state index in [0.29, 0.717) is 24.0 Å². The summed E-state index contributed by atoms with van der Waals surface area (Å²) >= 11 is 0. The van der Waals surface area contributed by atoms with E-state index in [4.69, 9.17) is 14.6 Å². The van der Waals surface area contributed by atoms with Crippen molar-refractivity contribution >= 4 is 17.9 Å². The zero-order valence-electron chi connectivity index (χ0n) is 20.0. The predicted molar refractivity (Wildman–Crippen MR) is 138 cm³/mol. The monoisotopic (exact) mass is 486 g/mol. The number of carbonyl (C=O) groups excluding carboxylic acids is 2. The lowest BCUT2D eigenvalue weighted by molar-refractivity contribution is -0.117. The lowest BCUT2D eigenvalue weighted by atomic mass is 10.1. The van der Waals surface area contributed by atoms with E-state index >= 15 is 0 Å². The van der Waals surface area contributed by atoms with Gasteiger partial charge in [0.25, 0.3) is 11.8 Å². The number of carbonyl (C=O) groups is 2. The van der Waals surface area contributed by atoms with E-state index in [2.05, 4.69) is 22.8 Å². The largest absolute Gasteiger partial charge is 0.493 e. The maximum atomic E-state index is 12.9. The van der Waals surface area contributed by atoms with Crippen molar-refractivity contribution < 1.29 is 24.2 Å². The van der Waals surface area contributed by atoms with Crippen LogP contribution in [-0.2, 0) is 11.2 Å². The van der Waals surface area contributed by atoms with Crippen LogP contribution in [0, 0.1) is 0 Å². The molecule has 1 aliphatic carbocycles.